The number of nitrogen functional groups attached to an aromatic ring is 1. The Labute approximate surface area is 119 Å². The smallest absolute Gasteiger partial charge is 0.155 e. The molecule has 0 atom stereocenters. The molecule has 20 heavy (non-hydrogen) atoms. The van der Waals surface area contributed by atoms with E-state index in [1.165, 1.54) is 6.07 Å². The van der Waals surface area contributed by atoms with E-state index in [4.69, 9.17) is 17.3 Å². The molecule has 3 rings (SSSR count). The molecule has 0 unspecified atom stereocenters. The van der Waals surface area contributed by atoms with Gasteiger partial charge in [-0.1, -0.05) is 29.8 Å². The van der Waals surface area contributed by atoms with E-state index in [1.807, 2.05) is 6.07 Å². The molecule has 0 radical (unpaired) electrons. The summed E-state index contributed by atoms with van der Waals surface area (Å²) in [6, 6.07) is 10.0. The van der Waals surface area contributed by atoms with Crippen LogP contribution >= 0.6 is 11.6 Å². The van der Waals surface area contributed by atoms with E-state index < -0.39 is 5.82 Å². The molecular weight excluding hydrogens is 279 g/mol. The molecule has 2 aromatic heterocycles. The molecule has 0 aliphatic carbocycles. The molecule has 1 aromatic carbocycles. The lowest BCUT2D eigenvalue weighted by atomic mass is 10.0. The van der Waals surface area contributed by atoms with Gasteiger partial charge >= 0.3 is 0 Å². The van der Waals surface area contributed by atoms with Crippen LogP contribution in [-0.4, -0.2) is 15.2 Å². The number of nitrogens with two attached hydrogens (primary N) is 1. The number of rotatable bonds is 2. The maximum atomic E-state index is 13.6. The van der Waals surface area contributed by atoms with E-state index in [-0.39, 0.29) is 5.02 Å². The summed E-state index contributed by atoms with van der Waals surface area (Å²) in [6.45, 7) is 0. The minimum atomic E-state index is -0.496. The first kappa shape index (κ1) is 12.6. The third-order valence-corrected chi connectivity index (χ3v) is 3.32. The van der Waals surface area contributed by atoms with Crippen LogP contribution in [0.15, 0.2) is 42.6 Å². The van der Waals surface area contributed by atoms with Gasteiger partial charge in [-0.15, -0.1) is 0 Å². The number of halogens is 2. The Morgan fingerprint density at radius 1 is 1.15 bits per heavy atom. The van der Waals surface area contributed by atoms with Gasteiger partial charge < -0.3 is 5.73 Å². The molecule has 0 aliphatic heterocycles. The largest absolute Gasteiger partial charge is 0.382 e. The van der Waals surface area contributed by atoms with Gasteiger partial charge in [0.05, 0.1) is 22.0 Å². The van der Waals surface area contributed by atoms with Gasteiger partial charge in [0, 0.05) is 11.8 Å². The second kappa shape index (κ2) is 4.94. The van der Waals surface area contributed by atoms with Crippen molar-refractivity contribution in [2.45, 2.75) is 0 Å². The Balaban J connectivity index is 2.24. The van der Waals surface area contributed by atoms with E-state index in [2.05, 4.69) is 15.2 Å². The molecule has 0 spiro atoms. The third-order valence-electron chi connectivity index (χ3n) is 2.94. The van der Waals surface area contributed by atoms with E-state index in [1.54, 1.807) is 30.5 Å². The predicted molar refractivity (Wildman–Crippen MR) is 76.6 cm³/mol. The molecule has 4 nitrogen and oxygen atoms in total. The van der Waals surface area contributed by atoms with E-state index in [0.29, 0.717) is 28.3 Å². The quantitative estimate of drug-likeness (QED) is 0.758. The van der Waals surface area contributed by atoms with Gasteiger partial charge in [0.1, 0.15) is 5.82 Å². The third kappa shape index (κ3) is 2.02. The highest BCUT2D eigenvalue weighted by molar-refractivity contribution is 6.33. The minimum Gasteiger partial charge on any atom is -0.382 e. The van der Waals surface area contributed by atoms with Crippen LogP contribution in [0, 0.1) is 5.82 Å². The van der Waals surface area contributed by atoms with E-state index in [0.717, 1.165) is 0 Å². The second-order valence-corrected chi connectivity index (χ2v) is 4.55. The Bertz CT molecular complexity index is 755. The average Bonchev–Trinajstić information content (AvgIpc) is 2.84. The summed E-state index contributed by atoms with van der Waals surface area (Å²) < 4.78 is 13.6. The molecule has 3 aromatic rings. The normalized spacial score (nSPS) is 10.7. The number of aromatic nitrogens is 3. The van der Waals surface area contributed by atoms with Gasteiger partial charge in [0.15, 0.2) is 5.82 Å². The molecule has 2 heterocycles. The van der Waals surface area contributed by atoms with Crippen molar-refractivity contribution < 1.29 is 4.39 Å². The number of nitrogens with one attached hydrogen (secondary N) is 1. The Kier molecular flexibility index (Phi) is 3.12. The molecule has 3 N–H and O–H groups in total. The monoisotopic (exact) mass is 288 g/mol. The van der Waals surface area contributed by atoms with Gasteiger partial charge in [-0.3, -0.25) is 10.1 Å². The van der Waals surface area contributed by atoms with Crippen LogP contribution < -0.4 is 5.73 Å². The van der Waals surface area contributed by atoms with Crippen molar-refractivity contribution >= 4 is 17.4 Å². The average molecular weight is 289 g/mol. The zero-order chi connectivity index (χ0) is 14.1. The number of hydrogen-bond donors (Lipinski definition) is 2. The summed E-state index contributed by atoms with van der Waals surface area (Å²) in [4.78, 5) is 4.24. The highest BCUT2D eigenvalue weighted by atomic mass is 35.5. The first-order valence-electron chi connectivity index (χ1n) is 5.88. The first-order chi connectivity index (χ1) is 9.68. The standard InChI is InChI=1S/C14H10ClFN4/c15-12-8(4-3-5-9(12)16)13-11(14(17)20-19-13)10-6-1-2-7-18-10/h1-7H,(H3,17,19,20). The van der Waals surface area contributed by atoms with Crippen molar-refractivity contribution in [3.63, 3.8) is 0 Å². The lowest BCUT2D eigenvalue weighted by molar-refractivity contribution is 0.628. The molecule has 0 saturated heterocycles. The van der Waals surface area contributed by atoms with Gasteiger partial charge in [-0.05, 0) is 18.2 Å². The molecule has 0 amide bonds. The predicted octanol–water partition coefficient (Wildman–Crippen LogP) is 3.51. The molecular formula is C14H10ClFN4. The number of aromatic amines is 1. The Morgan fingerprint density at radius 2 is 2.00 bits per heavy atom. The summed E-state index contributed by atoms with van der Waals surface area (Å²) in [7, 11) is 0. The van der Waals surface area contributed by atoms with Crippen molar-refractivity contribution in [2.24, 2.45) is 0 Å². The van der Waals surface area contributed by atoms with Gasteiger partial charge in [0.25, 0.3) is 0 Å². The second-order valence-electron chi connectivity index (χ2n) is 4.18. The van der Waals surface area contributed by atoms with Crippen molar-refractivity contribution in [1.82, 2.24) is 15.2 Å². The molecule has 100 valence electrons. The van der Waals surface area contributed by atoms with Crippen LogP contribution in [0.4, 0.5) is 10.2 Å². The summed E-state index contributed by atoms with van der Waals surface area (Å²) in [6.07, 6.45) is 1.65. The highest BCUT2D eigenvalue weighted by Gasteiger charge is 2.18. The fourth-order valence-electron chi connectivity index (χ4n) is 2.02. The van der Waals surface area contributed by atoms with Crippen LogP contribution in [-0.2, 0) is 0 Å². The van der Waals surface area contributed by atoms with Gasteiger partial charge in [-0.2, -0.15) is 5.10 Å². The topological polar surface area (TPSA) is 67.6 Å². The number of anilines is 1. The molecule has 0 fully saturated rings. The molecule has 0 bridgehead atoms. The highest BCUT2D eigenvalue weighted by Crippen LogP contribution is 2.37. The number of hydrogen-bond acceptors (Lipinski definition) is 3. The minimum absolute atomic E-state index is 0.0216. The van der Waals surface area contributed by atoms with Crippen molar-refractivity contribution in [3.05, 3.63) is 53.4 Å². The van der Waals surface area contributed by atoms with Crippen LogP contribution in [0.3, 0.4) is 0 Å². The maximum Gasteiger partial charge on any atom is 0.155 e. The van der Waals surface area contributed by atoms with Crippen molar-refractivity contribution in [3.8, 4) is 22.5 Å². The van der Waals surface area contributed by atoms with Crippen molar-refractivity contribution in [1.29, 1.82) is 0 Å². The van der Waals surface area contributed by atoms with E-state index in [9.17, 15) is 4.39 Å². The Morgan fingerprint density at radius 3 is 2.75 bits per heavy atom. The fraction of sp³-hybridized carbons (Fsp3) is 0. The van der Waals surface area contributed by atoms with Crippen molar-refractivity contribution in [2.75, 3.05) is 5.73 Å². The molecule has 6 heteroatoms. The number of benzene rings is 1. The van der Waals surface area contributed by atoms with Crippen LogP contribution in [0.25, 0.3) is 22.5 Å². The SMILES string of the molecule is Nc1n[nH]c(-c2cccc(F)c2Cl)c1-c1ccccn1. The summed E-state index contributed by atoms with van der Waals surface area (Å²) >= 11 is 6.01. The number of nitrogens with zero attached hydrogens (tertiary/aromatic N) is 2. The van der Waals surface area contributed by atoms with Gasteiger partial charge in [-0.25, -0.2) is 4.39 Å². The fourth-order valence-corrected chi connectivity index (χ4v) is 2.24. The lowest BCUT2D eigenvalue weighted by Crippen LogP contribution is -1.91. The van der Waals surface area contributed by atoms with Crippen LogP contribution in [0.1, 0.15) is 0 Å². The van der Waals surface area contributed by atoms with Gasteiger partial charge in [0.2, 0.25) is 0 Å². The zero-order valence-corrected chi connectivity index (χ0v) is 11.0. The summed E-state index contributed by atoms with van der Waals surface area (Å²) in [5, 5.41) is 6.78. The summed E-state index contributed by atoms with van der Waals surface area (Å²) in [5.74, 6) is -0.205. The lowest BCUT2D eigenvalue weighted by Gasteiger charge is -2.06. The van der Waals surface area contributed by atoms with Crippen LogP contribution in [0.5, 0.6) is 0 Å². The summed E-state index contributed by atoms with van der Waals surface area (Å²) in [5.41, 5.74) is 8.18. The van der Waals surface area contributed by atoms with Crippen LogP contribution in [0.2, 0.25) is 5.02 Å². The number of H-pyrrole nitrogens is 1. The molecule has 0 aliphatic rings. The number of pyridine rings is 1. The first-order valence-corrected chi connectivity index (χ1v) is 6.26. The maximum absolute atomic E-state index is 13.6. The molecule has 0 saturated carbocycles. The Hall–Kier alpha value is -2.40. The zero-order valence-electron chi connectivity index (χ0n) is 10.3. The van der Waals surface area contributed by atoms with E-state index >= 15 is 0 Å².